The average Bonchev–Trinajstić information content (AvgIpc) is 2.47. The Kier molecular flexibility index (Phi) is 5.58. The van der Waals surface area contributed by atoms with E-state index in [-0.39, 0.29) is 6.04 Å². The summed E-state index contributed by atoms with van der Waals surface area (Å²) in [5.74, 6) is 0.485. The van der Waals surface area contributed by atoms with Crippen LogP contribution in [0.3, 0.4) is 0 Å². The maximum absolute atomic E-state index is 6.41. The molecular weight excluding hydrogens is 246 g/mol. The highest BCUT2D eigenvalue weighted by atomic mass is 15.2. The summed E-state index contributed by atoms with van der Waals surface area (Å²) in [6.07, 6.45) is 2.62. The lowest BCUT2D eigenvalue weighted by molar-refractivity contribution is 0.116. The minimum Gasteiger partial charge on any atom is -0.324 e. The van der Waals surface area contributed by atoms with Crippen LogP contribution in [0.2, 0.25) is 0 Å². The monoisotopic (exact) mass is 275 g/mol. The molecule has 3 heteroatoms. The smallest absolute Gasteiger partial charge is 0.0333 e. The Morgan fingerprint density at radius 3 is 2.65 bits per heavy atom. The van der Waals surface area contributed by atoms with Gasteiger partial charge in [0.05, 0.1) is 0 Å². The minimum absolute atomic E-state index is 0.135. The molecule has 0 amide bonds. The topological polar surface area (TPSA) is 32.5 Å². The first-order chi connectivity index (χ1) is 9.58. The van der Waals surface area contributed by atoms with E-state index < -0.39 is 0 Å². The van der Waals surface area contributed by atoms with Crippen LogP contribution in [0.25, 0.3) is 0 Å². The summed E-state index contributed by atoms with van der Waals surface area (Å²) in [5.41, 5.74) is 7.66. The Balaban J connectivity index is 1.89. The van der Waals surface area contributed by atoms with Crippen molar-refractivity contribution in [1.82, 2.24) is 9.80 Å². The Bertz CT molecular complexity index is 390. The molecule has 20 heavy (non-hydrogen) atoms. The standard InChI is InChI=1S/C17H29N3/c1-14(17(18)15-8-5-4-6-9-15)12-20-11-7-10-16(13-20)19(2)3/h4-6,8-9,14,16-17H,7,10-13,18H2,1-3H3. The van der Waals surface area contributed by atoms with E-state index in [9.17, 15) is 0 Å². The highest BCUT2D eigenvalue weighted by Gasteiger charge is 2.24. The zero-order valence-corrected chi connectivity index (χ0v) is 13.1. The molecule has 2 N–H and O–H groups in total. The molecule has 1 fully saturated rings. The van der Waals surface area contributed by atoms with Gasteiger partial charge in [-0.05, 0) is 45.0 Å². The summed E-state index contributed by atoms with van der Waals surface area (Å²) in [4.78, 5) is 4.94. The third kappa shape index (κ3) is 4.05. The summed E-state index contributed by atoms with van der Waals surface area (Å²) < 4.78 is 0. The number of benzene rings is 1. The van der Waals surface area contributed by atoms with Gasteiger partial charge in [-0.3, -0.25) is 0 Å². The Hall–Kier alpha value is -0.900. The van der Waals surface area contributed by atoms with Gasteiger partial charge in [0.25, 0.3) is 0 Å². The number of hydrogen-bond donors (Lipinski definition) is 1. The van der Waals surface area contributed by atoms with Crippen molar-refractivity contribution in [3.8, 4) is 0 Å². The summed E-state index contributed by atoms with van der Waals surface area (Å²) >= 11 is 0. The lowest BCUT2D eigenvalue weighted by Crippen LogP contribution is -2.47. The van der Waals surface area contributed by atoms with Crippen LogP contribution in [-0.2, 0) is 0 Å². The van der Waals surface area contributed by atoms with Gasteiger partial charge in [-0.2, -0.15) is 0 Å². The fourth-order valence-corrected chi connectivity index (χ4v) is 3.14. The van der Waals surface area contributed by atoms with Gasteiger partial charge in [0, 0.05) is 25.2 Å². The van der Waals surface area contributed by atoms with Crippen molar-refractivity contribution in [3.05, 3.63) is 35.9 Å². The van der Waals surface area contributed by atoms with Gasteiger partial charge in [0.2, 0.25) is 0 Å². The van der Waals surface area contributed by atoms with Crippen molar-refractivity contribution in [1.29, 1.82) is 0 Å². The zero-order valence-electron chi connectivity index (χ0n) is 13.1. The van der Waals surface area contributed by atoms with Crippen LogP contribution in [0.5, 0.6) is 0 Å². The maximum atomic E-state index is 6.41. The minimum atomic E-state index is 0.135. The molecule has 1 heterocycles. The van der Waals surface area contributed by atoms with E-state index in [1.807, 2.05) is 6.07 Å². The van der Waals surface area contributed by atoms with Crippen LogP contribution in [-0.4, -0.2) is 49.6 Å². The van der Waals surface area contributed by atoms with Crippen LogP contribution < -0.4 is 5.73 Å². The quantitative estimate of drug-likeness (QED) is 0.895. The van der Waals surface area contributed by atoms with Gasteiger partial charge >= 0.3 is 0 Å². The summed E-state index contributed by atoms with van der Waals surface area (Å²) in [6.45, 7) is 5.77. The van der Waals surface area contributed by atoms with Gasteiger partial charge in [-0.15, -0.1) is 0 Å². The van der Waals surface area contributed by atoms with Crippen LogP contribution in [0.15, 0.2) is 30.3 Å². The third-order valence-corrected chi connectivity index (χ3v) is 4.55. The number of rotatable bonds is 5. The molecule has 0 aliphatic carbocycles. The molecule has 1 aromatic carbocycles. The van der Waals surface area contributed by atoms with Gasteiger partial charge in [0.1, 0.15) is 0 Å². The lowest BCUT2D eigenvalue weighted by Gasteiger charge is -2.38. The van der Waals surface area contributed by atoms with Crippen LogP contribution in [0.4, 0.5) is 0 Å². The van der Waals surface area contributed by atoms with Crippen molar-refractivity contribution in [3.63, 3.8) is 0 Å². The fraction of sp³-hybridized carbons (Fsp3) is 0.647. The van der Waals surface area contributed by atoms with Gasteiger partial charge < -0.3 is 15.5 Å². The predicted octanol–water partition coefficient (Wildman–Crippen LogP) is 2.35. The molecule has 3 unspecified atom stereocenters. The Labute approximate surface area is 123 Å². The second-order valence-corrected chi connectivity index (χ2v) is 6.43. The number of nitrogens with zero attached hydrogens (tertiary/aromatic N) is 2. The first kappa shape index (κ1) is 15.5. The van der Waals surface area contributed by atoms with Crippen molar-refractivity contribution in [2.45, 2.75) is 31.8 Å². The van der Waals surface area contributed by atoms with Crippen LogP contribution in [0.1, 0.15) is 31.4 Å². The zero-order chi connectivity index (χ0) is 14.5. The predicted molar refractivity (Wildman–Crippen MR) is 85.7 cm³/mol. The summed E-state index contributed by atoms with van der Waals surface area (Å²) in [5, 5.41) is 0. The molecule has 3 atom stereocenters. The molecule has 0 spiro atoms. The fourth-order valence-electron chi connectivity index (χ4n) is 3.14. The molecule has 1 aromatic rings. The number of hydrogen-bond acceptors (Lipinski definition) is 3. The molecule has 0 bridgehead atoms. The molecule has 2 rings (SSSR count). The van der Waals surface area contributed by atoms with Crippen molar-refractivity contribution in [2.24, 2.45) is 11.7 Å². The van der Waals surface area contributed by atoms with Crippen LogP contribution in [0, 0.1) is 5.92 Å². The number of likely N-dealkylation sites (tertiary alicyclic amines) is 1. The molecule has 0 aromatic heterocycles. The lowest BCUT2D eigenvalue weighted by atomic mass is 9.94. The largest absolute Gasteiger partial charge is 0.324 e. The van der Waals surface area contributed by atoms with E-state index in [2.05, 4.69) is 55.1 Å². The molecular formula is C17H29N3. The maximum Gasteiger partial charge on any atom is 0.0333 e. The van der Waals surface area contributed by atoms with Crippen molar-refractivity contribution in [2.75, 3.05) is 33.7 Å². The van der Waals surface area contributed by atoms with E-state index >= 15 is 0 Å². The molecule has 1 aliphatic rings. The van der Waals surface area contributed by atoms with Gasteiger partial charge in [0.15, 0.2) is 0 Å². The molecule has 0 radical (unpaired) electrons. The molecule has 112 valence electrons. The van der Waals surface area contributed by atoms with Crippen molar-refractivity contribution < 1.29 is 0 Å². The SMILES string of the molecule is CC(CN1CCCC(N(C)C)C1)C(N)c1ccccc1. The second-order valence-electron chi connectivity index (χ2n) is 6.43. The molecule has 1 saturated heterocycles. The number of piperidine rings is 1. The summed E-state index contributed by atoms with van der Waals surface area (Å²) in [7, 11) is 4.38. The first-order valence-corrected chi connectivity index (χ1v) is 7.77. The van der Waals surface area contributed by atoms with E-state index in [0.29, 0.717) is 12.0 Å². The number of likely N-dealkylation sites (N-methyl/N-ethyl adjacent to an activating group) is 1. The normalized spacial score (nSPS) is 23.8. The van der Waals surface area contributed by atoms with E-state index in [1.54, 1.807) is 0 Å². The molecule has 0 saturated carbocycles. The third-order valence-electron chi connectivity index (χ3n) is 4.55. The highest BCUT2D eigenvalue weighted by molar-refractivity contribution is 5.19. The second kappa shape index (κ2) is 7.21. The van der Waals surface area contributed by atoms with E-state index in [1.165, 1.54) is 31.5 Å². The van der Waals surface area contributed by atoms with Crippen molar-refractivity contribution >= 4 is 0 Å². The number of nitrogens with two attached hydrogens (primary N) is 1. The Morgan fingerprint density at radius 2 is 2.00 bits per heavy atom. The van der Waals surface area contributed by atoms with Crippen LogP contribution >= 0.6 is 0 Å². The van der Waals surface area contributed by atoms with E-state index in [0.717, 1.165) is 6.54 Å². The van der Waals surface area contributed by atoms with Gasteiger partial charge in [-0.25, -0.2) is 0 Å². The van der Waals surface area contributed by atoms with Gasteiger partial charge in [-0.1, -0.05) is 37.3 Å². The summed E-state index contributed by atoms with van der Waals surface area (Å²) in [6, 6.07) is 11.3. The molecule has 3 nitrogen and oxygen atoms in total. The average molecular weight is 275 g/mol. The highest BCUT2D eigenvalue weighted by Crippen LogP contribution is 2.22. The Morgan fingerprint density at radius 1 is 1.30 bits per heavy atom. The molecule has 1 aliphatic heterocycles. The van der Waals surface area contributed by atoms with E-state index in [4.69, 9.17) is 5.73 Å². The first-order valence-electron chi connectivity index (χ1n) is 7.77.